The number of aryl methyl sites for hydroxylation is 2. The predicted octanol–water partition coefficient (Wildman–Crippen LogP) is 4.19. The molecule has 10 heteroatoms. The van der Waals surface area contributed by atoms with Crippen LogP contribution in [0.4, 0.5) is 5.82 Å². The first-order valence-corrected chi connectivity index (χ1v) is 13.2. The average molecular weight is 488 g/mol. The lowest BCUT2D eigenvalue weighted by Gasteiger charge is -2.25. The molecular weight excluding hydrogens is 458 g/mol. The summed E-state index contributed by atoms with van der Waals surface area (Å²) in [5.41, 5.74) is 3.61. The third-order valence-corrected chi connectivity index (χ3v) is 7.95. The molecule has 0 bridgehead atoms. The van der Waals surface area contributed by atoms with Crippen molar-refractivity contribution in [1.82, 2.24) is 19.9 Å². The van der Waals surface area contributed by atoms with E-state index in [9.17, 15) is 5.11 Å². The van der Waals surface area contributed by atoms with E-state index in [0.29, 0.717) is 11.6 Å². The maximum atomic E-state index is 9.59. The number of rotatable bonds is 6. The molecule has 3 aromatic heterocycles. The van der Waals surface area contributed by atoms with Gasteiger partial charge in [0.05, 0.1) is 33.8 Å². The molecular formula is C23H29N5O3S2. The Morgan fingerprint density at radius 2 is 1.97 bits per heavy atom. The number of aliphatic hydroxyl groups is 1. The first-order chi connectivity index (χ1) is 15.8. The lowest BCUT2D eigenvalue weighted by atomic mass is 10.0. The Kier molecular flexibility index (Phi) is 6.07. The second-order valence-electron chi connectivity index (χ2n) is 9.11. The SMILES string of the molecule is CSc1nc(C)c(-c2nc3c(C)nccc3s2)c(N[C@@H]2C[C@H](CCO)[C@H]3OC(C)(C)O[C@H]32)n1. The van der Waals surface area contributed by atoms with Crippen LogP contribution in [-0.2, 0) is 9.47 Å². The van der Waals surface area contributed by atoms with Crippen LogP contribution in [0.25, 0.3) is 20.8 Å². The van der Waals surface area contributed by atoms with E-state index in [1.807, 2.05) is 46.2 Å². The molecule has 0 aromatic carbocycles. The van der Waals surface area contributed by atoms with Crippen molar-refractivity contribution in [3.63, 3.8) is 0 Å². The zero-order chi connectivity index (χ0) is 23.3. The number of thiazole rings is 1. The van der Waals surface area contributed by atoms with Gasteiger partial charge in [0.2, 0.25) is 0 Å². The molecule has 176 valence electrons. The molecule has 4 atom stereocenters. The fourth-order valence-corrected chi connectivity index (χ4v) is 6.46. The van der Waals surface area contributed by atoms with Gasteiger partial charge in [0, 0.05) is 12.8 Å². The molecule has 3 aromatic rings. The molecule has 1 aliphatic carbocycles. The van der Waals surface area contributed by atoms with E-state index < -0.39 is 5.79 Å². The highest BCUT2D eigenvalue weighted by atomic mass is 32.2. The minimum atomic E-state index is -0.643. The topological polar surface area (TPSA) is 102 Å². The smallest absolute Gasteiger partial charge is 0.189 e. The molecule has 33 heavy (non-hydrogen) atoms. The van der Waals surface area contributed by atoms with E-state index in [2.05, 4.69) is 10.3 Å². The molecule has 1 saturated carbocycles. The highest BCUT2D eigenvalue weighted by molar-refractivity contribution is 7.98. The van der Waals surface area contributed by atoms with Crippen LogP contribution in [0.3, 0.4) is 0 Å². The summed E-state index contributed by atoms with van der Waals surface area (Å²) in [4.78, 5) is 18.9. The number of pyridine rings is 1. The quantitative estimate of drug-likeness (QED) is 0.391. The molecule has 2 aliphatic rings. The molecule has 1 aliphatic heterocycles. The van der Waals surface area contributed by atoms with Gasteiger partial charge in [-0.2, -0.15) is 0 Å². The third-order valence-electron chi connectivity index (χ3n) is 6.36. The van der Waals surface area contributed by atoms with Crippen LogP contribution >= 0.6 is 23.1 Å². The molecule has 0 spiro atoms. The Labute approximate surface area is 201 Å². The minimum Gasteiger partial charge on any atom is -0.396 e. The maximum Gasteiger partial charge on any atom is 0.189 e. The number of fused-ring (bicyclic) bond motifs is 2. The van der Waals surface area contributed by atoms with E-state index in [1.165, 1.54) is 11.8 Å². The van der Waals surface area contributed by atoms with Crippen molar-refractivity contribution in [3.8, 4) is 10.6 Å². The second kappa shape index (κ2) is 8.74. The van der Waals surface area contributed by atoms with Crippen LogP contribution in [0, 0.1) is 19.8 Å². The van der Waals surface area contributed by atoms with E-state index >= 15 is 0 Å². The fraction of sp³-hybridized carbons (Fsp3) is 0.565. The van der Waals surface area contributed by atoms with Crippen LogP contribution in [0.15, 0.2) is 17.4 Å². The summed E-state index contributed by atoms with van der Waals surface area (Å²) < 4.78 is 13.6. The zero-order valence-corrected chi connectivity index (χ0v) is 21.1. The molecule has 4 heterocycles. The van der Waals surface area contributed by atoms with Crippen LogP contribution in [0.5, 0.6) is 0 Å². The Bertz CT molecular complexity index is 1180. The monoisotopic (exact) mass is 487 g/mol. The van der Waals surface area contributed by atoms with E-state index in [-0.39, 0.29) is 30.8 Å². The second-order valence-corrected chi connectivity index (χ2v) is 10.9. The van der Waals surface area contributed by atoms with Crippen LogP contribution < -0.4 is 5.32 Å². The van der Waals surface area contributed by atoms with Gasteiger partial charge < -0.3 is 19.9 Å². The van der Waals surface area contributed by atoms with Crippen molar-refractivity contribution < 1.29 is 14.6 Å². The summed E-state index contributed by atoms with van der Waals surface area (Å²) in [7, 11) is 0. The lowest BCUT2D eigenvalue weighted by Crippen LogP contribution is -2.35. The Hall–Kier alpha value is -1.85. The first-order valence-electron chi connectivity index (χ1n) is 11.2. The molecule has 0 amide bonds. The summed E-state index contributed by atoms with van der Waals surface area (Å²) in [5, 5.41) is 14.9. The van der Waals surface area contributed by atoms with Crippen LogP contribution in [-0.4, -0.2) is 61.9 Å². The Morgan fingerprint density at radius 3 is 2.70 bits per heavy atom. The number of aliphatic hydroxyl groups excluding tert-OH is 1. The summed E-state index contributed by atoms with van der Waals surface area (Å²) in [6, 6.07) is 2.00. The third kappa shape index (κ3) is 4.23. The van der Waals surface area contributed by atoms with Gasteiger partial charge >= 0.3 is 0 Å². The standard InChI is InChI=1S/C23H29N5O3S2/c1-11-16(21-27-17-12(2)24-8-6-15(17)33-21)20(28-22(25-11)32-5)26-14-10-13(7-9-29)18-19(14)31-23(3,4)30-18/h6,8,13-14,18-19,29H,7,9-10H2,1-5H3,(H,25,26,28)/t13-,14+,18+,19-/m0/s1. The fourth-order valence-electron chi connectivity index (χ4n) is 4.94. The van der Waals surface area contributed by atoms with Crippen molar-refractivity contribution in [2.75, 3.05) is 18.2 Å². The van der Waals surface area contributed by atoms with Gasteiger partial charge in [-0.05, 0) is 58.8 Å². The van der Waals surface area contributed by atoms with Crippen molar-refractivity contribution in [1.29, 1.82) is 0 Å². The maximum absolute atomic E-state index is 9.59. The Balaban J connectivity index is 1.55. The van der Waals surface area contributed by atoms with Gasteiger partial charge in [-0.25, -0.2) is 15.0 Å². The molecule has 8 nitrogen and oxygen atoms in total. The zero-order valence-electron chi connectivity index (χ0n) is 19.5. The highest BCUT2D eigenvalue weighted by Crippen LogP contribution is 2.45. The largest absolute Gasteiger partial charge is 0.396 e. The number of hydrogen-bond donors (Lipinski definition) is 2. The summed E-state index contributed by atoms with van der Waals surface area (Å²) in [5.74, 6) is 0.343. The number of ether oxygens (including phenoxy) is 2. The van der Waals surface area contributed by atoms with Crippen molar-refractivity contribution in [3.05, 3.63) is 23.7 Å². The summed E-state index contributed by atoms with van der Waals surface area (Å²) in [6.07, 6.45) is 5.16. The number of thioether (sulfide) groups is 1. The van der Waals surface area contributed by atoms with Crippen LogP contribution in [0.2, 0.25) is 0 Å². The molecule has 0 unspecified atom stereocenters. The molecule has 2 N–H and O–H groups in total. The van der Waals surface area contributed by atoms with Crippen molar-refractivity contribution in [2.24, 2.45) is 5.92 Å². The predicted molar refractivity (Wildman–Crippen MR) is 131 cm³/mol. The number of nitrogens with one attached hydrogen (secondary N) is 1. The van der Waals surface area contributed by atoms with Gasteiger partial charge in [0.25, 0.3) is 0 Å². The number of nitrogens with zero attached hydrogens (tertiary/aromatic N) is 4. The number of aromatic nitrogens is 4. The van der Waals surface area contributed by atoms with Crippen molar-refractivity contribution >= 4 is 39.1 Å². The molecule has 5 rings (SSSR count). The number of anilines is 1. The lowest BCUT2D eigenvalue weighted by molar-refractivity contribution is -0.157. The van der Waals surface area contributed by atoms with E-state index in [1.54, 1.807) is 11.3 Å². The van der Waals surface area contributed by atoms with Gasteiger partial charge in [0.15, 0.2) is 10.9 Å². The molecule has 0 radical (unpaired) electrons. The molecule has 1 saturated heterocycles. The highest BCUT2D eigenvalue weighted by Gasteiger charge is 2.53. The van der Waals surface area contributed by atoms with Crippen LogP contribution in [0.1, 0.15) is 38.1 Å². The minimum absolute atomic E-state index is 0.00821. The summed E-state index contributed by atoms with van der Waals surface area (Å²) in [6.45, 7) is 8.01. The molecule has 2 fully saturated rings. The van der Waals surface area contributed by atoms with Gasteiger partial charge in [-0.3, -0.25) is 4.98 Å². The van der Waals surface area contributed by atoms with Gasteiger partial charge in [-0.1, -0.05) is 11.8 Å². The first kappa shape index (κ1) is 22.9. The van der Waals surface area contributed by atoms with Gasteiger partial charge in [0.1, 0.15) is 22.4 Å². The van der Waals surface area contributed by atoms with E-state index in [4.69, 9.17) is 24.4 Å². The Morgan fingerprint density at radius 1 is 1.18 bits per heavy atom. The van der Waals surface area contributed by atoms with Gasteiger partial charge in [-0.15, -0.1) is 11.3 Å². The normalized spacial score (nSPS) is 26.1. The number of hydrogen-bond acceptors (Lipinski definition) is 10. The summed E-state index contributed by atoms with van der Waals surface area (Å²) >= 11 is 3.14. The van der Waals surface area contributed by atoms with Crippen molar-refractivity contribution in [2.45, 2.75) is 69.7 Å². The average Bonchev–Trinajstić information content (AvgIpc) is 3.41. The van der Waals surface area contributed by atoms with E-state index in [0.717, 1.165) is 44.4 Å².